The zero-order chi connectivity index (χ0) is 52.1. The number of benzene rings is 7. The van der Waals surface area contributed by atoms with Crippen LogP contribution < -0.4 is 24.3 Å². The molecule has 0 saturated heterocycles. The zero-order valence-corrected chi connectivity index (χ0v) is 42.5. The maximum Gasteiger partial charge on any atom is 0.357 e. The monoisotopic (exact) mass is 1010 g/mol. The van der Waals surface area contributed by atoms with Crippen molar-refractivity contribution in [2.24, 2.45) is 0 Å². The van der Waals surface area contributed by atoms with Crippen LogP contribution in [0.4, 0.5) is 0 Å². The largest absolute Gasteiger partial charge is 0.485 e. The topological polar surface area (TPSA) is 140 Å². The van der Waals surface area contributed by atoms with Gasteiger partial charge in [0.05, 0.1) is 18.1 Å². The maximum atomic E-state index is 13.7. The molecule has 12 heteroatoms. The van der Waals surface area contributed by atoms with Crippen molar-refractivity contribution < 1.29 is 38.2 Å². The number of ether oxygens (including phenoxy) is 4. The Morgan fingerprint density at radius 2 is 0.880 bits per heavy atom. The molecule has 0 saturated carbocycles. The van der Waals surface area contributed by atoms with Gasteiger partial charge >= 0.3 is 5.97 Å². The van der Waals surface area contributed by atoms with Gasteiger partial charge in [-0.3, -0.25) is 9.59 Å². The van der Waals surface area contributed by atoms with Crippen molar-refractivity contribution in [3.63, 3.8) is 0 Å². The quantitative estimate of drug-likeness (QED) is 0.0330. The number of aryl methyl sites for hydroxylation is 2. The molecule has 386 valence electrons. The van der Waals surface area contributed by atoms with Crippen LogP contribution in [0.3, 0.4) is 0 Å². The fraction of sp³-hybridized carbons (Fsp3) is 0.270. The SMILES string of the molecule is N#CCCN(CCCCN(CCCNC(=O)CCc1ccc(OCc2ccccc2)c(OCc2ccccc2)c1)OC(=O)c1ccccc1)C(=O)CCc1ccc(OCc2ccccc2)c(OCc2ccccc2)c1. The number of carbonyl (C=O) groups excluding carboxylic acids is 3. The Kier molecular flexibility index (Phi) is 22.2. The van der Waals surface area contributed by atoms with Gasteiger partial charge in [-0.05, 0) is 102 Å². The average Bonchev–Trinajstić information content (AvgIpc) is 3.46. The third kappa shape index (κ3) is 19.2. The smallest absolute Gasteiger partial charge is 0.357 e. The number of nitrogens with zero attached hydrogens (tertiary/aromatic N) is 3. The third-order valence-electron chi connectivity index (χ3n) is 12.3. The zero-order valence-electron chi connectivity index (χ0n) is 42.5. The van der Waals surface area contributed by atoms with Gasteiger partial charge in [-0.25, -0.2) is 4.79 Å². The van der Waals surface area contributed by atoms with Crippen LogP contribution in [0.25, 0.3) is 0 Å². The molecule has 0 unspecified atom stereocenters. The van der Waals surface area contributed by atoms with E-state index in [4.69, 9.17) is 23.8 Å². The summed E-state index contributed by atoms with van der Waals surface area (Å²) in [5.74, 6) is 1.84. The fourth-order valence-electron chi connectivity index (χ4n) is 8.14. The van der Waals surface area contributed by atoms with Gasteiger partial charge in [-0.15, -0.1) is 5.06 Å². The molecule has 12 nitrogen and oxygen atoms in total. The molecule has 0 spiro atoms. The second-order valence-corrected chi connectivity index (χ2v) is 18.0. The van der Waals surface area contributed by atoms with E-state index in [2.05, 4.69) is 11.4 Å². The van der Waals surface area contributed by atoms with Gasteiger partial charge in [0.15, 0.2) is 23.0 Å². The van der Waals surface area contributed by atoms with Crippen molar-refractivity contribution in [3.05, 3.63) is 227 Å². The first-order valence-corrected chi connectivity index (χ1v) is 25.7. The summed E-state index contributed by atoms with van der Waals surface area (Å²) in [4.78, 5) is 47.7. The fourth-order valence-corrected chi connectivity index (χ4v) is 8.14. The summed E-state index contributed by atoms with van der Waals surface area (Å²) in [6.45, 7) is 3.47. The lowest BCUT2D eigenvalue weighted by Gasteiger charge is -2.24. The van der Waals surface area contributed by atoms with Crippen LogP contribution in [0.15, 0.2) is 188 Å². The molecule has 7 aromatic carbocycles. The molecule has 0 fully saturated rings. The molecule has 1 N–H and O–H groups in total. The molecule has 7 rings (SSSR count). The summed E-state index contributed by atoms with van der Waals surface area (Å²) in [5.41, 5.74) is 6.45. The van der Waals surface area contributed by atoms with Crippen molar-refractivity contribution in [1.82, 2.24) is 15.3 Å². The molecular formula is C63H66N4O8. The maximum absolute atomic E-state index is 13.7. The van der Waals surface area contributed by atoms with E-state index in [0.717, 1.165) is 33.4 Å². The van der Waals surface area contributed by atoms with Crippen LogP contribution in [0.1, 0.15) is 82.3 Å². The number of nitriles is 1. The Morgan fingerprint density at radius 1 is 0.453 bits per heavy atom. The standard InChI is InChI=1S/C63H66N4O8/c64-38-18-41-66(62(69)37-33-51-31-35-58(72-47-53-22-8-2-9-23-53)60(45-51)74-49-55-26-12-4-13-27-55)40-16-17-42-67(75-63(70)56-28-14-5-15-29-56)43-19-39-65-61(68)36-32-50-30-34-57(71-46-52-20-6-1-7-21-52)59(44-50)73-48-54-24-10-3-11-25-54/h1-15,20-31,34-35,44-45H,16-19,32-33,36-37,39-43,46-49H2,(H,65,68). The summed E-state index contributed by atoms with van der Waals surface area (Å²) in [7, 11) is 0. The van der Waals surface area contributed by atoms with Crippen molar-refractivity contribution in [2.75, 3.05) is 32.7 Å². The first-order chi connectivity index (χ1) is 36.9. The normalized spacial score (nSPS) is 10.8. The predicted molar refractivity (Wildman–Crippen MR) is 290 cm³/mol. The third-order valence-corrected chi connectivity index (χ3v) is 12.3. The minimum atomic E-state index is -0.474. The van der Waals surface area contributed by atoms with Gasteiger partial charge in [-0.1, -0.05) is 152 Å². The summed E-state index contributed by atoms with van der Waals surface area (Å²) in [6, 6.07) is 62.4. The van der Waals surface area contributed by atoms with Crippen LogP contribution in [0.5, 0.6) is 23.0 Å². The van der Waals surface area contributed by atoms with Crippen LogP contribution in [0, 0.1) is 11.3 Å². The minimum Gasteiger partial charge on any atom is -0.485 e. The molecule has 2 amide bonds. The Balaban J connectivity index is 0.888. The number of carbonyl (C=O) groups is 3. The van der Waals surface area contributed by atoms with E-state index in [0.29, 0.717) is 120 Å². The molecule has 0 radical (unpaired) electrons. The lowest BCUT2D eigenvalue weighted by molar-refractivity contribution is -0.131. The molecule has 75 heavy (non-hydrogen) atoms. The average molecular weight is 1010 g/mol. The number of unbranched alkanes of at least 4 members (excludes halogenated alkanes) is 1. The van der Waals surface area contributed by atoms with Crippen LogP contribution in [-0.2, 0) is 53.7 Å². The molecule has 0 aliphatic rings. The minimum absolute atomic E-state index is 0.0498. The van der Waals surface area contributed by atoms with E-state index in [1.807, 2.05) is 164 Å². The van der Waals surface area contributed by atoms with E-state index in [9.17, 15) is 19.6 Å². The van der Waals surface area contributed by atoms with Gasteiger partial charge in [0.25, 0.3) is 0 Å². The summed E-state index contributed by atoms with van der Waals surface area (Å²) in [6.07, 6.45) is 3.49. The van der Waals surface area contributed by atoms with Crippen molar-refractivity contribution >= 4 is 17.8 Å². The lowest BCUT2D eigenvalue weighted by atomic mass is 10.1. The van der Waals surface area contributed by atoms with Crippen LogP contribution in [0.2, 0.25) is 0 Å². The van der Waals surface area contributed by atoms with Gasteiger partial charge in [0.2, 0.25) is 11.8 Å². The summed E-state index contributed by atoms with van der Waals surface area (Å²) in [5, 5.41) is 14.1. The molecule has 0 aliphatic carbocycles. The molecule has 0 heterocycles. The summed E-state index contributed by atoms with van der Waals surface area (Å²) < 4.78 is 24.9. The summed E-state index contributed by atoms with van der Waals surface area (Å²) >= 11 is 0. The molecule has 7 aromatic rings. The highest BCUT2D eigenvalue weighted by Gasteiger charge is 2.18. The highest BCUT2D eigenvalue weighted by Crippen LogP contribution is 2.32. The molecule has 0 aliphatic heterocycles. The van der Waals surface area contributed by atoms with E-state index >= 15 is 0 Å². The van der Waals surface area contributed by atoms with Gasteiger partial charge in [0, 0.05) is 45.6 Å². The molecule has 0 atom stereocenters. The highest BCUT2D eigenvalue weighted by atomic mass is 16.7. The number of hydrogen-bond donors (Lipinski definition) is 1. The molecule has 0 bridgehead atoms. The van der Waals surface area contributed by atoms with Crippen LogP contribution >= 0.6 is 0 Å². The Hall–Kier alpha value is -8.40. The van der Waals surface area contributed by atoms with E-state index in [1.165, 1.54) is 0 Å². The number of nitrogens with one attached hydrogen (secondary N) is 1. The highest BCUT2D eigenvalue weighted by molar-refractivity contribution is 5.89. The Labute approximate surface area is 441 Å². The first-order valence-electron chi connectivity index (χ1n) is 25.7. The van der Waals surface area contributed by atoms with E-state index in [-0.39, 0.29) is 31.1 Å². The van der Waals surface area contributed by atoms with Crippen molar-refractivity contribution in [1.29, 1.82) is 5.26 Å². The van der Waals surface area contributed by atoms with Gasteiger partial charge < -0.3 is 34.0 Å². The second-order valence-electron chi connectivity index (χ2n) is 18.0. The lowest BCUT2D eigenvalue weighted by Crippen LogP contribution is -2.35. The van der Waals surface area contributed by atoms with E-state index in [1.54, 1.807) is 34.2 Å². The number of rotatable bonds is 31. The van der Waals surface area contributed by atoms with Crippen LogP contribution in [-0.4, -0.2) is 60.5 Å². The number of amides is 2. The molecule has 0 aromatic heterocycles. The Bertz CT molecular complexity index is 2850. The molecular weight excluding hydrogens is 941 g/mol. The number of hydrogen-bond acceptors (Lipinski definition) is 10. The van der Waals surface area contributed by atoms with Gasteiger partial charge in [0.1, 0.15) is 26.4 Å². The van der Waals surface area contributed by atoms with E-state index < -0.39 is 5.97 Å². The predicted octanol–water partition coefficient (Wildman–Crippen LogP) is 11.7. The van der Waals surface area contributed by atoms with Crippen molar-refractivity contribution in [3.8, 4) is 29.1 Å². The second kappa shape index (κ2) is 30.6. The first kappa shape index (κ1) is 54.4. The Morgan fingerprint density at radius 3 is 1.36 bits per heavy atom. The van der Waals surface area contributed by atoms with Crippen molar-refractivity contribution in [2.45, 2.75) is 77.8 Å². The number of hydroxylamine groups is 2. The van der Waals surface area contributed by atoms with Gasteiger partial charge in [-0.2, -0.15) is 5.26 Å².